The molecule has 3 aromatic rings. The second-order valence-electron chi connectivity index (χ2n) is 6.55. The van der Waals surface area contributed by atoms with Gasteiger partial charge in [0, 0.05) is 22.4 Å². The van der Waals surface area contributed by atoms with Crippen LogP contribution in [0.5, 0.6) is 0 Å². The zero-order chi connectivity index (χ0) is 18.8. The van der Waals surface area contributed by atoms with Crippen LogP contribution < -0.4 is 16.0 Å². The van der Waals surface area contributed by atoms with Gasteiger partial charge in [0.2, 0.25) is 0 Å². The third-order valence-electron chi connectivity index (χ3n) is 4.88. The minimum absolute atomic E-state index is 0.102. The number of fused-ring (bicyclic) bond motifs is 1. The number of thiophene rings is 2. The molecule has 1 aliphatic rings. The number of nitrogens with one attached hydrogen (secondary N) is 2. The first kappa shape index (κ1) is 17.9. The largest absolute Gasteiger partial charge is 0.366 e. The van der Waals surface area contributed by atoms with Crippen molar-refractivity contribution in [2.24, 2.45) is 5.73 Å². The molecule has 1 aromatic carbocycles. The average molecular weight is 399 g/mol. The number of rotatable bonds is 5. The van der Waals surface area contributed by atoms with Gasteiger partial charge in [0.05, 0.1) is 12.1 Å². The van der Waals surface area contributed by atoms with Crippen molar-refractivity contribution in [3.63, 3.8) is 0 Å². The maximum absolute atomic E-state index is 12.7. The molecule has 0 fully saturated rings. The minimum Gasteiger partial charge on any atom is -0.366 e. The van der Waals surface area contributed by atoms with E-state index in [4.69, 9.17) is 5.73 Å². The average Bonchev–Trinajstić information content (AvgIpc) is 3.31. The predicted molar refractivity (Wildman–Crippen MR) is 108 cm³/mol. The molecule has 3 heterocycles. The van der Waals surface area contributed by atoms with Gasteiger partial charge >= 0.3 is 0 Å². The number of hydrogen-bond acceptors (Lipinski definition) is 4. The van der Waals surface area contributed by atoms with Gasteiger partial charge in [0.1, 0.15) is 11.0 Å². The first-order valence-electron chi connectivity index (χ1n) is 8.76. The highest BCUT2D eigenvalue weighted by molar-refractivity contribution is 7.14. The van der Waals surface area contributed by atoms with Crippen LogP contribution in [0.25, 0.3) is 0 Å². The summed E-state index contributed by atoms with van der Waals surface area (Å²) in [5.41, 5.74) is 8.26. The number of carbonyl (C=O) groups is 2. The van der Waals surface area contributed by atoms with Crippen molar-refractivity contribution in [3.8, 4) is 0 Å². The highest BCUT2D eigenvalue weighted by Crippen LogP contribution is 2.29. The van der Waals surface area contributed by atoms with Gasteiger partial charge in [-0.3, -0.25) is 9.59 Å². The molecule has 1 unspecified atom stereocenters. The Hall–Kier alpha value is -2.48. The molecule has 27 heavy (non-hydrogen) atoms. The van der Waals surface area contributed by atoms with Crippen molar-refractivity contribution in [2.75, 3.05) is 18.4 Å². The molecular weight excluding hydrogens is 378 g/mol. The summed E-state index contributed by atoms with van der Waals surface area (Å²) < 4.78 is 0. The van der Waals surface area contributed by atoms with E-state index in [2.05, 4.69) is 28.9 Å². The first-order chi connectivity index (χ1) is 13.1. The Labute approximate surface area is 165 Å². The number of amides is 2. The molecule has 2 amide bonds. The third-order valence-corrected chi connectivity index (χ3v) is 6.70. The Morgan fingerprint density at radius 2 is 1.89 bits per heavy atom. The lowest BCUT2D eigenvalue weighted by molar-refractivity contribution is -0.919. The Morgan fingerprint density at radius 1 is 1.11 bits per heavy atom. The van der Waals surface area contributed by atoms with Crippen LogP contribution in [0.2, 0.25) is 0 Å². The lowest BCUT2D eigenvalue weighted by Gasteiger charge is -2.32. The molecule has 4 rings (SSSR count). The molecule has 2 atom stereocenters. The zero-order valence-corrected chi connectivity index (χ0v) is 16.2. The van der Waals surface area contributed by atoms with Gasteiger partial charge in [-0.25, -0.2) is 0 Å². The fourth-order valence-electron chi connectivity index (χ4n) is 3.68. The molecule has 0 bridgehead atoms. The maximum Gasteiger partial charge on any atom is 0.280 e. The van der Waals surface area contributed by atoms with Crippen LogP contribution in [0.4, 0.5) is 5.00 Å². The number of nitrogens with two attached hydrogens (primary N) is 1. The Balaban J connectivity index is 1.56. The second kappa shape index (κ2) is 7.64. The summed E-state index contributed by atoms with van der Waals surface area (Å²) >= 11 is 3.11. The van der Waals surface area contributed by atoms with E-state index in [1.165, 1.54) is 32.2 Å². The van der Waals surface area contributed by atoms with E-state index in [9.17, 15) is 9.59 Å². The summed E-state index contributed by atoms with van der Waals surface area (Å²) in [5.74, 6) is -0.628. The molecule has 138 valence electrons. The lowest BCUT2D eigenvalue weighted by Crippen LogP contribution is -3.14. The van der Waals surface area contributed by atoms with Gasteiger partial charge < -0.3 is 16.0 Å². The molecule has 5 nitrogen and oxygen atoms in total. The van der Waals surface area contributed by atoms with Crippen LogP contribution in [-0.4, -0.2) is 24.9 Å². The Morgan fingerprint density at radius 3 is 2.67 bits per heavy atom. The standard InChI is InChI=1S/C20H19N3O2S2/c21-19(25)15-8-11-27-20(15)22-17(24)12-23-9-6-16-14(7-10-26-16)18(23)13-4-2-1-3-5-13/h1-5,7-8,10-11,18H,6,9,12H2,(H2,21,25)(H,22,24)/p+1/t18-/m1/s1. The van der Waals surface area contributed by atoms with Crippen molar-refractivity contribution in [1.29, 1.82) is 0 Å². The van der Waals surface area contributed by atoms with Crippen LogP contribution in [0.1, 0.15) is 32.4 Å². The van der Waals surface area contributed by atoms with Crippen molar-refractivity contribution in [1.82, 2.24) is 0 Å². The van der Waals surface area contributed by atoms with Gasteiger partial charge in [-0.15, -0.1) is 22.7 Å². The summed E-state index contributed by atoms with van der Waals surface area (Å²) in [5, 5.41) is 7.29. The summed E-state index contributed by atoms with van der Waals surface area (Å²) in [6.07, 6.45) is 0.977. The van der Waals surface area contributed by atoms with Crippen LogP contribution >= 0.6 is 22.7 Å². The van der Waals surface area contributed by atoms with Crippen molar-refractivity contribution < 1.29 is 14.5 Å². The van der Waals surface area contributed by atoms with E-state index < -0.39 is 5.91 Å². The van der Waals surface area contributed by atoms with Crippen LogP contribution in [0.15, 0.2) is 53.2 Å². The third kappa shape index (κ3) is 3.66. The lowest BCUT2D eigenvalue weighted by atomic mass is 9.93. The molecule has 7 heteroatoms. The van der Waals surface area contributed by atoms with Crippen LogP contribution in [0.3, 0.4) is 0 Å². The van der Waals surface area contributed by atoms with E-state index in [-0.39, 0.29) is 11.9 Å². The Kier molecular flexibility index (Phi) is 5.07. The monoisotopic (exact) mass is 398 g/mol. The molecular formula is C20H20N3O2S2+. The molecule has 0 spiro atoms. The molecule has 1 aliphatic heterocycles. The SMILES string of the molecule is NC(=O)c1ccsc1NC(=O)C[NH+]1CCc2sccc2[C@H]1c1ccccc1. The molecule has 4 N–H and O–H groups in total. The van der Waals surface area contributed by atoms with Gasteiger partial charge in [-0.2, -0.15) is 0 Å². The van der Waals surface area contributed by atoms with Crippen LogP contribution in [0, 0.1) is 0 Å². The second-order valence-corrected chi connectivity index (χ2v) is 8.47. The van der Waals surface area contributed by atoms with E-state index in [0.717, 1.165) is 13.0 Å². The molecule has 0 radical (unpaired) electrons. The van der Waals surface area contributed by atoms with Crippen molar-refractivity contribution >= 4 is 39.5 Å². The van der Waals surface area contributed by atoms with E-state index in [1.54, 1.807) is 22.8 Å². The number of hydrogen-bond donors (Lipinski definition) is 3. The summed E-state index contributed by atoms with van der Waals surface area (Å²) in [6, 6.07) is 14.3. The maximum atomic E-state index is 12.7. The first-order valence-corrected chi connectivity index (χ1v) is 10.5. The minimum atomic E-state index is -0.526. The Bertz CT molecular complexity index is 965. The highest BCUT2D eigenvalue weighted by atomic mass is 32.1. The van der Waals surface area contributed by atoms with E-state index >= 15 is 0 Å². The van der Waals surface area contributed by atoms with Gasteiger partial charge in [0.15, 0.2) is 6.54 Å². The number of quaternary nitrogens is 1. The molecule has 0 aliphatic carbocycles. The van der Waals surface area contributed by atoms with Crippen molar-refractivity contribution in [3.05, 3.63) is 74.8 Å². The quantitative estimate of drug-likeness (QED) is 0.615. The summed E-state index contributed by atoms with van der Waals surface area (Å²) in [4.78, 5) is 26.8. The number of anilines is 1. The summed E-state index contributed by atoms with van der Waals surface area (Å²) in [6.45, 7) is 1.23. The highest BCUT2D eigenvalue weighted by Gasteiger charge is 2.34. The number of carbonyl (C=O) groups excluding carboxylic acids is 2. The van der Waals surface area contributed by atoms with Gasteiger partial charge in [-0.1, -0.05) is 30.3 Å². The van der Waals surface area contributed by atoms with Crippen LogP contribution in [-0.2, 0) is 11.2 Å². The summed E-state index contributed by atoms with van der Waals surface area (Å²) in [7, 11) is 0. The van der Waals surface area contributed by atoms with E-state index in [1.807, 2.05) is 18.2 Å². The smallest absolute Gasteiger partial charge is 0.280 e. The molecule has 0 saturated heterocycles. The van der Waals surface area contributed by atoms with Gasteiger partial charge in [-0.05, 0) is 22.9 Å². The fraction of sp³-hybridized carbons (Fsp3) is 0.200. The zero-order valence-electron chi connectivity index (χ0n) is 14.6. The van der Waals surface area contributed by atoms with Crippen molar-refractivity contribution in [2.45, 2.75) is 12.5 Å². The molecule has 2 aromatic heterocycles. The fourth-order valence-corrected chi connectivity index (χ4v) is 5.41. The predicted octanol–water partition coefficient (Wildman–Crippen LogP) is 2.08. The number of primary amides is 1. The number of benzene rings is 1. The molecule has 0 saturated carbocycles. The normalized spacial score (nSPS) is 18.7. The van der Waals surface area contributed by atoms with Gasteiger partial charge in [0.25, 0.3) is 11.8 Å². The topological polar surface area (TPSA) is 76.6 Å². The van der Waals surface area contributed by atoms with E-state index in [0.29, 0.717) is 17.1 Å².